The van der Waals surface area contributed by atoms with Crippen molar-refractivity contribution in [3.63, 3.8) is 0 Å². The van der Waals surface area contributed by atoms with Gasteiger partial charge >= 0.3 is 0 Å². The first-order chi connectivity index (χ1) is 14.9. The van der Waals surface area contributed by atoms with E-state index >= 15 is 0 Å². The van der Waals surface area contributed by atoms with E-state index in [0.29, 0.717) is 16.9 Å². The molecule has 4 rings (SSSR count). The molecule has 4 atom stereocenters. The van der Waals surface area contributed by atoms with Crippen LogP contribution in [0, 0.1) is 5.92 Å². The highest BCUT2D eigenvalue weighted by atomic mass is 35.5. The molecule has 5 heteroatoms. The molecule has 1 saturated heterocycles. The first-order valence-corrected chi connectivity index (χ1v) is 11.7. The zero-order valence-corrected chi connectivity index (χ0v) is 19.6. The Bertz CT molecular complexity index is 928. The number of ether oxygens (including phenoxy) is 1. The fraction of sp³-hybridized carbons (Fsp3) is 0.385. The van der Waals surface area contributed by atoms with Crippen LogP contribution in [0.1, 0.15) is 37.3 Å². The Balaban J connectivity index is 1.51. The summed E-state index contributed by atoms with van der Waals surface area (Å²) >= 11 is 12.2. The van der Waals surface area contributed by atoms with Gasteiger partial charge in [0.15, 0.2) is 5.72 Å². The van der Waals surface area contributed by atoms with Gasteiger partial charge in [0.05, 0.1) is 11.1 Å². The van der Waals surface area contributed by atoms with E-state index in [9.17, 15) is 0 Å². The normalized spacial score (nSPS) is 27.4. The zero-order chi connectivity index (χ0) is 21.8. The highest BCUT2D eigenvalue weighted by Gasteiger charge is 2.37. The Morgan fingerprint density at radius 3 is 2.55 bits per heavy atom. The molecule has 0 radical (unpaired) electrons. The van der Waals surface area contributed by atoms with E-state index in [1.54, 1.807) is 6.20 Å². The summed E-state index contributed by atoms with van der Waals surface area (Å²) in [4.78, 5) is 2.56. The van der Waals surface area contributed by atoms with Crippen LogP contribution in [0.3, 0.4) is 0 Å². The Hall–Kier alpha value is -1.78. The number of rotatable bonds is 6. The number of halogens is 2. The number of dihydropyridines is 1. The maximum Gasteiger partial charge on any atom is 0.155 e. The number of piperidine rings is 1. The summed E-state index contributed by atoms with van der Waals surface area (Å²) in [6, 6.07) is 19.0. The lowest BCUT2D eigenvalue weighted by Crippen LogP contribution is -2.48. The smallest absolute Gasteiger partial charge is 0.155 e. The lowest BCUT2D eigenvalue weighted by atomic mass is 9.77. The fourth-order valence-electron chi connectivity index (χ4n) is 4.74. The van der Waals surface area contributed by atoms with Crippen molar-refractivity contribution in [3.05, 3.63) is 94.1 Å². The van der Waals surface area contributed by atoms with Crippen molar-refractivity contribution in [1.82, 2.24) is 10.2 Å². The Labute approximate surface area is 195 Å². The molecule has 1 fully saturated rings. The number of nitrogens with zero attached hydrogens (tertiary/aromatic N) is 1. The monoisotopic (exact) mass is 456 g/mol. The molecule has 0 aliphatic carbocycles. The Morgan fingerprint density at radius 1 is 1.13 bits per heavy atom. The molecule has 0 bridgehead atoms. The molecule has 0 amide bonds. The van der Waals surface area contributed by atoms with Crippen LogP contribution < -0.4 is 5.32 Å². The number of benzene rings is 2. The summed E-state index contributed by atoms with van der Waals surface area (Å²) in [5, 5.41) is 4.74. The van der Waals surface area contributed by atoms with E-state index in [2.05, 4.69) is 59.6 Å². The Morgan fingerprint density at radius 2 is 1.87 bits per heavy atom. The maximum atomic E-state index is 6.55. The van der Waals surface area contributed by atoms with Gasteiger partial charge in [-0.15, -0.1) is 0 Å². The number of nitrogens with one attached hydrogen (secondary N) is 1. The fourth-order valence-corrected chi connectivity index (χ4v) is 4.98. The molecule has 2 aliphatic rings. The average Bonchev–Trinajstić information content (AvgIpc) is 2.77. The third-order valence-electron chi connectivity index (χ3n) is 6.39. The van der Waals surface area contributed by atoms with Crippen LogP contribution in [-0.4, -0.2) is 29.8 Å². The molecule has 2 aromatic carbocycles. The Kier molecular flexibility index (Phi) is 7.08. The van der Waals surface area contributed by atoms with Crippen LogP contribution in [-0.2, 0) is 11.3 Å². The summed E-state index contributed by atoms with van der Waals surface area (Å²) in [7, 11) is 0. The molecular weight excluding hydrogens is 427 g/mol. The molecule has 3 nitrogen and oxygen atoms in total. The van der Waals surface area contributed by atoms with Crippen molar-refractivity contribution in [1.29, 1.82) is 0 Å². The topological polar surface area (TPSA) is 24.5 Å². The highest BCUT2D eigenvalue weighted by Crippen LogP contribution is 2.38. The lowest BCUT2D eigenvalue weighted by molar-refractivity contribution is -0.0954. The first-order valence-electron chi connectivity index (χ1n) is 10.9. The largest absolute Gasteiger partial charge is 0.359 e. The zero-order valence-electron chi connectivity index (χ0n) is 18.1. The van der Waals surface area contributed by atoms with Crippen molar-refractivity contribution < 1.29 is 4.74 Å². The van der Waals surface area contributed by atoms with Crippen LogP contribution in [0.2, 0.25) is 5.02 Å². The molecular formula is C26H30Cl2N2O. The number of likely N-dealkylation sites (tertiary alicyclic amines) is 1. The molecule has 2 heterocycles. The van der Waals surface area contributed by atoms with Crippen molar-refractivity contribution >= 4 is 23.2 Å². The minimum Gasteiger partial charge on any atom is -0.359 e. The van der Waals surface area contributed by atoms with Crippen LogP contribution in [0.4, 0.5) is 0 Å². The second-order valence-corrected chi connectivity index (χ2v) is 9.64. The van der Waals surface area contributed by atoms with Crippen LogP contribution in [0.5, 0.6) is 0 Å². The third kappa shape index (κ3) is 5.72. The number of allylic oxidation sites excluding steroid dienone is 2. The van der Waals surface area contributed by atoms with Crippen LogP contribution >= 0.6 is 23.2 Å². The maximum absolute atomic E-state index is 6.55. The van der Waals surface area contributed by atoms with Gasteiger partial charge in [-0.2, -0.15) is 0 Å². The summed E-state index contributed by atoms with van der Waals surface area (Å²) < 4.78 is 6.55. The first kappa shape index (κ1) is 22.4. The van der Waals surface area contributed by atoms with Gasteiger partial charge in [0, 0.05) is 30.2 Å². The van der Waals surface area contributed by atoms with E-state index in [1.165, 1.54) is 11.1 Å². The van der Waals surface area contributed by atoms with E-state index in [4.69, 9.17) is 27.9 Å². The molecule has 3 unspecified atom stereocenters. The summed E-state index contributed by atoms with van der Waals surface area (Å²) in [6.45, 7) is 7.27. The van der Waals surface area contributed by atoms with E-state index in [1.807, 2.05) is 31.2 Å². The quantitative estimate of drug-likeness (QED) is 0.551. The summed E-state index contributed by atoms with van der Waals surface area (Å²) in [5.41, 5.74) is 2.12. The van der Waals surface area contributed by atoms with Gasteiger partial charge in [-0.05, 0) is 68.1 Å². The molecule has 31 heavy (non-hydrogen) atoms. The molecule has 0 spiro atoms. The highest BCUT2D eigenvalue weighted by molar-refractivity contribution is 6.31. The van der Waals surface area contributed by atoms with E-state index < -0.39 is 5.72 Å². The van der Waals surface area contributed by atoms with E-state index in [-0.39, 0.29) is 6.10 Å². The molecule has 1 N–H and O–H groups in total. The standard InChI is InChI=1S/C26H30Cl2N2O/c1-19(31-26(2)14-12-23(28)16-29-26)24-13-15-30(17-20-6-4-3-5-7-20)18-25(24)21-8-10-22(27)11-9-21/h3-12,14,16,19,24-25,29H,13,15,17-18H2,1-2H3/t19-,24?,25?,26?/m0/s1. The molecule has 2 aromatic rings. The minimum absolute atomic E-state index is 0.0759. The predicted octanol–water partition coefficient (Wildman–Crippen LogP) is 6.31. The van der Waals surface area contributed by atoms with Gasteiger partial charge in [0.25, 0.3) is 0 Å². The van der Waals surface area contributed by atoms with Crippen molar-refractivity contribution in [2.75, 3.05) is 13.1 Å². The summed E-state index contributed by atoms with van der Waals surface area (Å²) in [6.07, 6.45) is 6.84. The summed E-state index contributed by atoms with van der Waals surface area (Å²) in [5.74, 6) is 0.779. The van der Waals surface area contributed by atoms with E-state index in [0.717, 1.165) is 31.1 Å². The molecule has 164 valence electrons. The van der Waals surface area contributed by atoms with Gasteiger partial charge < -0.3 is 10.1 Å². The second kappa shape index (κ2) is 9.79. The molecule has 0 aromatic heterocycles. The van der Waals surface area contributed by atoms with Gasteiger partial charge in [0.1, 0.15) is 0 Å². The van der Waals surface area contributed by atoms with Gasteiger partial charge in [0.2, 0.25) is 0 Å². The predicted molar refractivity (Wildman–Crippen MR) is 129 cm³/mol. The molecule has 0 saturated carbocycles. The average molecular weight is 457 g/mol. The second-order valence-electron chi connectivity index (χ2n) is 8.77. The van der Waals surface area contributed by atoms with Gasteiger partial charge in [-0.1, -0.05) is 65.7 Å². The molecule has 2 aliphatic heterocycles. The van der Waals surface area contributed by atoms with Gasteiger partial charge in [-0.25, -0.2) is 0 Å². The van der Waals surface area contributed by atoms with Crippen LogP contribution in [0.25, 0.3) is 0 Å². The third-order valence-corrected chi connectivity index (χ3v) is 6.88. The van der Waals surface area contributed by atoms with Crippen molar-refractivity contribution in [2.24, 2.45) is 5.92 Å². The van der Waals surface area contributed by atoms with Gasteiger partial charge in [-0.3, -0.25) is 4.90 Å². The van der Waals surface area contributed by atoms with Crippen LogP contribution in [0.15, 0.2) is 78.0 Å². The SMILES string of the molecule is C[C@H](OC1(C)C=CC(Cl)=CN1)C1CCN(Cc2ccccc2)CC1c1ccc(Cl)cc1. The van der Waals surface area contributed by atoms with Crippen molar-refractivity contribution in [3.8, 4) is 0 Å². The minimum atomic E-state index is -0.552. The lowest BCUT2D eigenvalue weighted by Gasteiger charge is -2.43. The number of hydrogen-bond donors (Lipinski definition) is 1. The van der Waals surface area contributed by atoms with Crippen molar-refractivity contribution in [2.45, 2.75) is 44.6 Å². The number of hydrogen-bond acceptors (Lipinski definition) is 3.